The SMILES string of the molecule is CC/C=C\C/C=C\C/C=C\C/C=C\CCCCCCC(=O)OC(COC(=O)CCCCCCCCC/C=C\C/C=C\CCCCC)COC(=O)CCCCCCCCCC/C=C\C/C=C\C/C=C\CCCCCCC. The molecule has 0 saturated heterocycles. The Labute approximate surface area is 463 Å². The van der Waals surface area contributed by atoms with E-state index >= 15 is 0 Å². The van der Waals surface area contributed by atoms with Crippen molar-refractivity contribution in [1.82, 2.24) is 0 Å². The van der Waals surface area contributed by atoms with Gasteiger partial charge in [-0.25, -0.2) is 0 Å². The molecular weight excluding hydrogens is 925 g/mol. The fourth-order valence-corrected chi connectivity index (χ4v) is 8.53. The Bertz CT molecular complexity index is 1520. The van der Waals surface area contributed by atoms with Gasteiger partial charge < -0.3 is 14.2 Å². The number of hydrogen-bond donors (Lipinski definition) is 0. The zero-order valence-corrected chi connectivity index (χ0v) is 49.0. The quantitative estimate of drug-likeness (QED) is 0.0261. The van der Waals surface area contributed by atoms with E-state index in [1.807, 2.05) is 0 Å². The third-order valence-electron chi connectivity index (χ3n) is 13.2. The minimum atomic E-state index is -0.801. The van der Waals surface area contributed by atoms with E-state index in [1.165, 1.54) is 122 Å². The molecule has 0 radical (unpaired) electrons. The lowest BCUT2D eigenvalue weighted by Crippen LogP contribution is -2.30. The standard InChI is InChI=1S/C69H116O6/c1-4-7-10-13-16-19-22-25-28-31-32-33-34-35-36-39-41-44-47-50-53-56-59-62-68(71)74-65-66(75-69(72)63-60-57-54-51-48-45-42-38-30-27-24-21-18-15-12-9-6-3)64-73-67(70)61-58-55-52-49-46-43-40-37-29-26-23-20-17-14-11-8-5-2/h9,12,17-18,20-22,25-27,29-32,34-35,42,45,66H,4-8,10-11,13-16,19,23-24,28,33,36-41,43-44,46-65H2,1-3H3/b12-9-,20-17-,21-18-,25-22-,29-26-,30-27-,32-31-,35-34-,45-42-. The number of ether oxygens (including phenoxy) is 3. The normalized spacial score (nSPS) is 12.8. The van der Waals surface area contributed by atoms with Gasteiger partial charge in [-0.05, 0) is 128 Å². The Morgan fingerprint density at radius 3 is 0.840 bits per heavy atom. The molecule has 6 heteroatoms. The van der Waals surface area contributed by atoms with Gasteiger partial charge in [-0.3, -0.25) is 14.4 Å². The third kappa shape index (κ3) is 60.8. The number of hydrogen-bond acceptors (Lipinski definition) is 6. The molecule has 0 spiro atoms. The van der Waals surface area contributed by atoms with E-state index < -0.39 is 6.10 Å². The molecule has 0 heterocycles. The van der Waals surface area contributed by atoms with Crippen LogP contribution in [0.1, 0.15) is 290 Å². The Morgan fingerprint density at radius 1 is 0.280 bits per heavy atom. The van der Waals surface area contributed by atoms with Crippen LogP contribution in [0.15, 0.2) is 109 Å². The van der Waals surface area contributed by atoms with Crippen molar-refractivity contribution < 1.29 is 28.6 Å². The summed E-state index contributed by atoms with van der Waals surface area (Å²) in [5.74, 6) is -0.929. The van der Waals surface area contributed by atoms with Crippen LogP contribution in [-0.4, -0.2) is 37.2 Å². The topological polar surface area (TPSA) is 78.9 Å². The largest absolute Gasteiger partial charge is 0.462 e. The van der Waals surface area contributed by atoms with E-state index in [9.17, 15) is 14.4 Å². The molecule has 1 atom stereocenters. The molecule has 0 aromatic rings. The first-order valence-electron chi connectivity index (χ1n) is 31.4. The van der Waals surface area contributed by atoms with E-state index in [0.29, 0.717) is 19.3 Å². The molecule has 0 aliphatic rings. The summed E-state index contributed by atoms with van der Waals surface area (Å²) in [6.07, 6.45) is 85.1. The molecule has 0 aromatic heterocycles. The molecule has 0 aliphatic heterocycles. The number of carbonyl (C=O) groups excluding carboxylic acids is 3. The summed E-state index contributed by atoms with van der Waals surface area (Å²) in [4.78, 5) is 38.3. The van der Waals surface area contributed by atoms with E-state index in [-0.39, 0.29) is 31.1 Å². The minimum Gasteiger partial charge on any atom is -0.462 e. The number of esters is 3. The van der Waals surface area contributed by atoms with Crippen LogP contribution in [0.3, 0.4) is 0 Å². The van der Waals surface area contributed by atoms with Crippen LogP contribution in [0, 0.1) is 0 Å². The number of carbonyl (C=O) groups is 3. The summed E-state index contributed by atoms with van der Waals surface area (Å²) in [5.41, 5.74) is 0. The molecule has 0 fully saturated rings. The summed E-state index contributed by atoms with van der Waals surface area (Å²) >= 11 is 0. The van der Waals surface area contributed by atoms with Gasteiger partial charge in [0.05, 0.1) is 0 Å². The van der Waals surface area contributed by atoms with Gasteiger partial charge in [-0.15, -0.1) is 0 Å². The van der Waals surface area contributed by atoms with Crippen molar-refractivity contribution in [3.63, 3.8) is 0 Å². The van der Waals surface area contributed by atoms with E-state index in [2.05, 4.69) is 130 Å². The second-order valence-corrected chi connectivity index (χ2v) is 20.6. The van der Waals surface area contributed by atoms with Crippen molar-refractivity contribution in [2.24, 2.45) is 0 Å². The lowest BCUT2D eigenvalue weighted by Gasteiger charge is -2.18. The molecule has 0 N–H and O–H groups in total. The molecule has 6 nitrogen and oxygen atoms in total. The maximum absolute atomic E-state index is 12.9. The Hall–Kier alpha value is -3.93. The Kier molecular flexibility index (Phi) is 59.3. The van der Waals surface area contributed by atoms with Crippen molar-refractivity contribution in [2.45, 2.75) is 297 Å². The number of unbranched alkanes of at least 4 members (excludes halogenated alkanes) is 27. The highest BCUT2D eigenvalue weighted by Crippen LogP contribution is 2.15. The fraction of sp³-hybridized carbons (Fsp3) is 0.696. The van der Waals surface area contributed by atoms with Gasteiger partial charge in [-0.2, -0.15) is 0 Å². The zero-order chi connectivity index (χ0) is 54.3. The van der Waals surface area contributed by atoms with Crippen LogP contribution in [0.25, 0.3) is 0 Å². The first kappa shape index (κ1) is 71.1. The highest BCUT2D eigenvalue weighted by molar-refractivity contribution is 5.71. The number of rotatable bonds is 56. The maximum atomic E-state index is 12.9. The first-order chi connectivity index (χ1) is 37.0. The summed E-state index contributed by atoms with van der Waals surface area (Å²) in [5, 5.41) is 0. The zero-order valence-electron chi connectivity index (χ0n) is 49.0. The smallest absolute Gasteiger partial charge is 0.306 e. The monoisotopic (exact) mass is 1040 g/mol. The van der Waals surface area contributed by atoms with Gasteiger partial charge in [0, 0.05) is 19.3 Å². The van der Waals surface area contributed by atoms with Crippen molar-refractivity contribution in [3.05, 3.63) is 109 Å². The molecule has 0 saturated carbocycles. The summed E-state index contributed by atoms with van der Waals surface area (Å²) in [6.45, 7) is 6.47. The molecule has 1 unspecified atom stereocenters. The van der Waals surface area contributed by atoms with Crippen molar-refractivity contribution in [1.29, 1.82) is 0 Å². The molecule has 0 aromatic carbocycles. The van der Waals surface area contributed by atoms with E-state index in [0.717, 1.165) is 128 Å². The van der Waals surface area contributed by atoms with Crippen molar-refractivity contribution >= 4 is 17.9 Å². The van der Waals surface area contributed by atoms with Crippen molar-refractivity contribution in [2.75, 3.05) is 13.2 Å². The van der Waals surface area contributed by atoms with E-state index in [1.54, 1.807) is 0 Å². The predicted molar refractivity (Wildman–Crippen MR) is 325 cm³/mol. The maximum Gasteiger partial charge on any atom is 0.306 e. The van der Waals surface area contributed by atoms with Gasteiger partial charge in [-0.1, -0.05) is 252 Å². The molecule has 0 aliphatic carbocycles. The first-order valence-corrected chi connectivity index (χ1v) is 31.4. The fourth-order valence-electron chi connectivity index (χ4n) is 8.53. The molecule has 428 valence electrons. The molecule has 0 rings (SSSR count). The minimum absolute atomic E-state index is 0.0957. The highest BCUT2D eigenvalue weighted by Gasteiger charge is 2.19. The van der Waals surface area contributed by atoms with Crippen LogP contribution in [-0.2, 0) is 28.6 Å². The van der Waals surface area contributed by atoms with Gasteiger partial charge in [0.1, 0.15) is 13.2 Å². The van der Waals surface area contributed by atoms with E-state index in [4.69, 9.17) is 14.2 Å². The Balaban J connectivity index is 4.43. The lowest BCUT2D eigenvalue weighted by molar-refractivity contribution is -0.167. The average molecular weight is 1040 g/mol. The van der Waals surface area contributed by atoms with Gasteiger partial charge in [0.15, 0.2) is 6.10 Å². The molecule has 0 amide bonds. The van der Waals surface area contributed by atoms with Crippen LogP contribution < -0.4 is 0 Å². The van der Waals surface area contributed by atoms with Crippen LogP contribution in [0.2, 0.25) is 0 Å². The highest BCUT2D eigenvalue weighted by atomic mass is 16.6. The summed E-state index contributed by atoms with van der Waals surface area (Å²) < 4.78 is 16.9. The number of allylic oxidation sites excluding steroid dienone is 18. The second-order valence-electron chi connectivity index (χ2n) is 20.6. The third-order valence-corrected chi connectivity index (χ3v) is 13.2. The van der Waals surface area contributed by atoms with Crippen molar-refractivity contribution in [3.8, 4) is 0 Å². The summed E-state index contributed by atoms with van der Waals surface area (Å²) in [7, 11) is 0. The van der Waals surface area contributed by atoms with Crippen LogP contribution in [0.4, 0.5) is 0 Å². The second kappa shape index (κ2) is 62.6. The predicted octanol–water partition coefficient (Wildman–Crippen LogP) is 21.4. The molecule has 0 bridgehead atoms. The van der Waals surface area contributed by atoms with Gasteiger partial charge in [0.2, 0.25) is 0 Å². The van der Waals surface area contributed by atoms with Crippen LogP contribution in [0.5, 0.6) is 0 Å². The molecular formula is C69H116O6. The Morgan fingerprint density at radius 2 is 0.520 bits per heavy atom. The van der Waals surface area contributed by atoms with Crippen LogP contribution >= 0.6 is 0 Å². The average Bonchev–Trinajstić information content (AvgIpc) is 3.41. The summed E-state index contributed by atoms with van der Waals surface area (Å²) in [6, 6.07) is 0. The van der Waals surface area contributed by atoms with Gasteiger partial charge in [0.25, 0.3) is 0 Å². The lowest BCUT2D eigenvalue weighted by atomic mass is 10.1. The van der Waals surface area contributed by atoms with Gasteiger partial charge >= 0.3 is 17.9 Å². The molecule has 75 heavy (non-hydrogen) atoms.